The fourth-order valence-corrected chi connectivity index (χ4v) is 1.16. The highest BCUT2D eigenvalue weighted by molar-refractivity contribution is 5.85. The monoisotopic (exact) mass is 176 g/mol. The lowest BCUT2D eigenvalue weighted by atomic mass is 10.2. The van der Waals surface area contributed by atoms with Gasteiger partial charge in [-0.2, -0.15) is 0 Å². The summed E-state index contributed by atoms with van der Waals surface area (Å²) in [6.07, 6.45) is 1.54. The van der Waals surface area contributed by atoms with E-state index in [9.17, 15) is 10.2 Å². The lowest BCUT2D eigenvalue weighted by molar-refractivity contribution is 0.467. The molecule has 0 radical (unpaired) electrons. The van der Waals surface area contributed by atoms with Crippen LogP contribution in [0.3, 0.4) is 0 Å². The van der Waals surface area contributed by atoms with Crippen LogP contribution in [0.2, 0.25) is 0 Å². The van der Waals surface area contributed by atoms with Gasteiger partial charge < -0.3 is 10.2 Å². The molecule has 0 amide bonds. The molecule has 1 aromatic heterocycles. The highest BCUT2D eigenvalue weighted by Crippen LogP contribution is 2.27. The van der Waals surface area contributed by atoms with E-state index < -0.39 is 0 Å². The standard InChI is InChI=1S/C9H8N2O2/c1-5-4-10-8-6(12)2-3-7(13)9(8)11-5/h2-4,12-13H,1H3. The average molecular weight is 176 g/mol. The first-order chi connectivity index (χ1) is 6.18. The Bertz CT molecular complexity index is 468. The van der Waals surface area contributed by atoms with E-state index in [2.05, 4.69) is 9.97 Å². The normalized spacial score (nSPS) is 10.5. The van der Waals surface area contributed by atoms with Crippen LogP contribution in [0.25, 0.3) is 11.0 Å². The van der Waals surface area contributed by atoms with Gasteiger partial charge in [0.25, 0.3) is 0 Å². The number of rotatable bonds is 0. The molecule has 2 rings (SSSR count). The lowest BCUT2D eigenvalue weighted by Gasteiger charge is -2.01. The molecule has 1 aromatic carbocycles. The van der Waals surface area contributed by atoms with Crippen molar-refractivity contribution in [2.45, 2.75) is 6.92 Å². The number of hydrogen-bond donors (Lipinski definition) is 2. The smallest absolute Gasteiger partial charge is 0.143 e. The molecule has 4 nitrogen and oxygen atoms in total. The van der Waals surface area contributed by atoms with Crippen LogP contribution in [0.4, 0.5) is 0 Å². The van der Waals surface area contributed by atoms with Gasteiger partial charge in [-0.1, -0.05) is 0 Å². The minimum atomic E-state index is 0.0281. The quantitative estimate of drug-likeness (QED) is 0.594. The van der Waals surface area contributed by atoms with Crippen LogP contribution in [-0.2, 0) is 0 Å². The van der Waals surface area contributed by atoms with E-state index in [1.165, 1.54) is 12.1 Å². The molecule has 0 unspecified atom stereocenters. The summed E-state index contributed by atoms with van der Waals surface area (Å²) in [5, 5.41) is 18.8. The predicted octanol–water partition coefficient (Wildman–Crippen LogP) is 1.35. The molecule has 0 saturated heterocycles. The van der Waals surface area contributed by atoms with Gasteiger partial charge in [0.1, 0.15) is 22.5 Å². The van der Waals surface area contributed by atoms with Gasteiger partial charge in [0, 0.05) is 6.20 Å². The van der Waals surface area contributed by atoms with Crippen LogP contribution in [-0.4, -0.2) is 20.2 Å². The average Bonchev–Trinajstić information content (AvgIpc) is 2.12. The van der Waals surface area contributed by atoms with Gasteiger partial charge in [0.2, 0.25) is 0 Å². The molecule has 0 bridgehead atoms. The number of nitrogens with zero attached hydrogens (tertiary/aromatic N) is 2. The molecule has 0 aliphatic heterocycles. The number of aryl methyl sites for hydroxylation is 1. The molecule has 1 heterocycles. The van der Waals surface area contributed by atoms with E-state index in [-0.39, 0.29) is 11.5 Å². The molecular weight excluding hydrogens is 168 g/mol. The number of phenolic OH excluding ortho intramolecular Hbond substituents is 2. The summed E-state index contributed by atoms with van der Waals surface area (Å²) in [7, 11) is 0. The number of hydrogen-bond acceptors (Lipinski definition) is 4. The van der Waals surface area contributed by atoms with Gasteiger partial charge in [-0.3, -0.25) is 0 Å². The van der Waals surface area contributed by atoms with E-state index in [1.54, 1.807) is 13.1 Å². The van der Waals surface area contributed by atoms with E-state index in [0.29, 0.717) is 16.7 Å². The Morgan fingerprint density at radius 1 is 1.08 bits per heavy atom. The first-order valence-electron chi connectivity index (χ1n) is 3.83. The van der Waals surface area contributed by atoms with Crippen LogP contribution in [0, 0.1) is 6.92 Å². The summed E-state index contributed by atoms with van der Waals surface area (Å²) >= 11 is 0. The molecule has 0 aliphatic carbocycles. The molecule has 66 valence electrons. The van der Waals surface area contributed by atoms with Crippen molar-refractivity contribution in [1.82, 2.24) is 9.97 Å². The zero-order valence-corrected chi connectivity index (χ0v) is 7.02. The summed E-state index contributed by atoms with van der Waals surface area (Å²) < 4.78 is 0. The van der Waals surface area contributed by atoms with Crippen LogP contribution in [0.5, 0.6) is 11.5 Å². The second-order valence-corrected chi connectivity index (χ2v) is 2.81. The minimum Gasteiger partial charge on any atom is -0.506 e. The maximum absolute atomic E-state index is 9.41. The van der Waals surface area contributed by atoms with Crippen molar-refractivity contribution in [1.29, 1.82) is 0 Å². The van der Waals surface area contributed by atoms with Crippen LogP contribution in [0.15, 0.2) is 18.3 Å². The van der Waals surface area contributed by atoms with Crippen molar-refractivity contribution < 1.29 is 10.2 Å². The number of fused-ring (bicyclic) bond motifs is 1. The van der Waals surface area contributed by atoms with Gasteiger partial charge >= 0.3 is 0 Å². The molecule has 13 heavy (non-hydrogen) atoms. The maximum Gasteiger partial charge on any atom is 0.143 e. The highest BCUT2D eigenvalue weighted by atomic mass is 16.3. The molecule has 0 spiro atoms. The third-order valence-electron chi connectivity index (χ3n) is 1.78. The van der Waals surface area contributed by atoms with Crippen LogP contribution >= 0.6 is 0 Å². The zero-order chi connectivity index (χ0) is 9.42. The minimum absolute atomic E-state index is 0.0281. The van der Waals surface area contributed by atoms with E-state index in [0.717, 1.165) is 0 Å². The Kier molecular flexibility index (Phi) is 1.55. The number of phenols is 2. The lowest BCUT2D eigenvalue weighted by Crippen LogP contribution is -1.87. The topological polar surface area (TPSA) is 66.2 Å². The summed E-state index contributed by atoms with van der Waals surface area (Å²) in [6.45, 7) is 1.77. The van der Waals surface area contributed by atoms with Gasteiger partial charge in [-0.25, -0.2) is 9.97 Å². The summed E-state index contributed by atoms with van der Waals surface area (Å²) in [4.78, 5) is 8.03. The molecule has 2 aromatic rings. The molecular formula is C9H8N2O2. The molecule has 0 aliphatic rings. The zero-order valence-electron chi connectivity index (χ0n) is 7.02. The van der Waals surface area contributed by atoms with Gasteiger partial charge in [0.15, 0.2) is 0 Å². The number of aromatic nitrogens is 2. The van der Waals surface area contributed by atoms with E-state index >= 15 is 0 Å². The third kappa shape index (κ3) is 1.16. The summed E-state index contributed by atoms with van der Waals surface area (Å²) in [6, 6.07) is 2.79. The van der Waals surface area contributed by atoms with Crippen LogP contribution < -0.4 is 0 Å². The van der Waals surface area contributed by atoms with Gasteiger partial charge in [0.05, 0.1) is 5.69 Å². The number of aromatic hydroxyl groups is 2. The Morgan fingerprint density at radius 2 is 1.69 bits per heavy atom. The SMILES string of the molecule is Cc1cnc2c(O)ccc(O)c2n1. The largest absolute Gasteiger partial charge is 0.506 e. The second-order valence-electron chi connectivity index (χ2n) is 2.81. The Balaban J connectivity index is 2.92. The van der Waals surface area contributed by atoms with Crippen molar-refractivity contribution >= 4 is 11.0 Å². The molecule has 0 saturated carbocycles. The maximum atomic E-state index is 9.41. The Hall–Kier alpha value is -1.84. The summed E-state index contributed by atoms with van der Waals surface area (Å²) in [5.41, 5.74) is 1.36. The fourth-order valence-electron chi connectivity index (χ4n) is 1.16. The van der Waals surface area contributed by atoms with Crippen molar-refractivity contribution in [2.75, 3.05) is 0 Å². The predicted molar refractivity (Wildman–Crippen MR) is 47.6 cm³/mol. The van der Waals surface area contributed by atoms with E-state index in [1.807, 2.05) is 0 Å². The molecule has 0 fully saturated rings. The van der Waals surface area contributed by atoms with Crippen molar-refractivity contribution in [3.8, 4) is 11.5 Å². The van der Waals surface area contributed by atoms with Crippen molar-refractivity contribution in [3.05, 3.63) is 24.0 Å². The first-order valence-corrected chi connectivity index (χ1v) is 3.83. The fraction of sp³-hybridized carbons (Fsp3) is 0.111. The molecule has 4 heteroatoms. The summed E-state index contributed by atoms with van der Waals surface area (Å²) in [5.74, 6) is 0.0595. The first kappa shape index (κ1) is 7.79. The Morgan fingerprint density at radius 3 is 2.38 bits per heavy atom. The van der Waals surface area contributed by atoms with Crippen molar-refractivity contribution in [2.24, 2.45) is 0 Å². The third-order valence-corrected chi connectivity index (χ3v) is 1.78. The van der Waals surface area contributed by atoms with Crippen LogP contribution in [0.1, 0.15) is 5.69 Å². The Labute approximate surface area is 74.5 Å². The van der Waals surface area contributed by atoms with Gasteiger partial charge in [-0.15, -0.1) is 0 Å². The number of benzene rings is 1. The molecule has 2 N–H and O–H groups in total. The second kappa shape index (κ2) is 2.58. The van der Waals surface area contributed by atoms with E-state index in [4.69, 9.17) is 0 Å². The van der Waals surface area contributed by atoms with Crippen molar-refractivity contribution in [3.63, 3.8) is 0 Å². The van der Waals surface area contributed by atoms with Gasteiger partial charge in [-0.05, 0) is 19.1 Å². The molecule has 0 atom stereocenters. The highest BCUT2D eigenvalue weighted by Gasteiger charge is 2.06.